The minimum atomic E-state index is -2.22. The predicted octanol–water partition coefficient (Wildman–Crippen LogP) is 1.52. The maximum absolute atomic E-state index is 12.4. The Morgan fingerprint density at radius 3 is 2.54 bits per heavy atom. The summed E-state index contributed by atoms with van der Waals surface area (Å²) in [7, 11) is 0. The van der Waals surface area contributed by atoms with E-state index in [0.29, 0.717) is 6.42 Å². The molecule has 3 nitrogen and oxygen atoms in total. The largest absolute Gasteiger partial charge is 0.301 e. The van der Waals surface area contributed by atoms with Crippen LogP contribution < -0.4 is 0 Å². The molecule has 13 heavy (non-hydrogen) atoms. The highest BCUT2D eigenvalue weighted by Gasteiger charge is 1.96. The van der Waals surface area contributed by atoms with Gasteiger partial charge in [0.25, 0.3) is 0 Å². The lowest BCUT2D eigenvalue weighted by atomic mass is 10.2. The summed E-state index contributed by atoms with van der Waals surface area (Å²) in [6, 6.07) is 5.90. The van der Waals surface area contributed by atoms with Crippen LogP contribution in [0, 0.1) is 5.82 Å². The average molecular weight is 204 g/mol. The molecule has 5 heteroatoms. The second-order valence-corrected chi connectivity index (χ2v) is 3.09. The monoisotopic (exact) mass is 204 g/mol. The van der Waals surface area contributed by atoms with Crippen LogP contribution in [0.2, 0.25) is 0 Å². The van der Waals surface area contributed by atoms with Crippen molar-refractivity contribution in [1.82, 2.24) is 0 Å². The second-order valence-electron chi connectivity index (χ2n) is 2.42. The van der Waals surface area contributed by atoms with Gasteiger partial charge in [-0.05, 0) is 24.1 Å². The zero-order valence-electron chi connectivity index (χ0n) is 6.77. The van der Waals surface area contributed by atoms with E-state index in [4.69, 9.17) is 4.55 Å². The molecule has 0 spiro atoms. The fourth-order valence-corrected chi connectivity index (χ4v) is 1.11. The van der Waals surface area contributed by atoms with Gasteiger partial charge in [-0.3, -0.25) is 8.74 Å². The highest BCUT2D eigenvalue weighted by atomic mass is 32.2. The first-order valence-corrected chi connectivity index (χ1v) is 4.70. The summed E-state index contributed by atoms with van der Waals surface area (Å²) in [6.45, 7) is 0.148. The first-order chi connectivity index (χ1) is 6.18. The van der Waals surface area contributed by atoms with Crippen molar-refractivity contribution in [2.24, 2.45) is 0 Å². The molecule has 0 aliphatic heterocycles. The van der Waals surface area contributed by atoms with Crippen molar-refractivity contribution >= 4 is 11.4 Å². The highest BCUT2D eigenvalue weighted by Crippen LogP contribution is 2.03. The van der Waals surface area contributed by atoms with Crippen LogP contribution in [0.5, 0.6) is 0 Å². The summed E-state index contributed by atoms with van der Waals surface area (Å²) in [6.07, 6.45) is 0.493. The zero-order valence-corrected chi connectivity index (χ0v) is 7.59. The number of rotatable bonds is 4. The molecular formula is C8H9FO3S. The van der Waals surface area contributed by atoms with Crippen LogP contribution in [-0.2, 0) is 22.0 Å². The molecule has 0 heterocycles. The molecule has 1 unspecified atom stereocenters. The van der Waals surface area contributed by atoms with Crippen molar-refractivity contribution in [2.75, 3.05) is 6.61 Å². The van der Waals surface area contributed by atoms with Crippen LogP contribution in [0.1, 0.15) is 5.56 Å². The van der Waals surface area contributed by atoms with E-state index in [-0.39, 0.29) is 12.4 Å². The molecule has 1 N–H and O–H groups in total. The Labute approximate surface area is 78.0 Å². The maximum atomic E-state index is 12.4. The summed E-state index contributed by atoms with van der Waals surface area (Å²) in [4.78, 5) is 0. The Balaban J connectivity index is 2.37. The SMILES string of the molecule is O=S(O)OCCc1ccc(F)cc1. The molecule has 0 aromatic heterocycles. The molecule has 0 radical (unpaired) electrons. The summed E-state index contributed by atoms with van der Waals surface area (Å²) in [5.74, 6) is -0.296. The fraction of sp³-hybridized carbons (Fsp3) is 0.250. The first kappa shape index (κ1) is 10.3. The quantitative estimate of drug-likeness (QED) is 0.756. The van der Waals surface area contributed by atoms with Crippen LogP contribution in [0.25, 0.3) is 0 Å². The van der Waals surface area contributed by atoms with Gasteiger partial charge in [-0.25, -0.2) is 4.39 Å². The Kier molecular flexibility index (Phi) is 4.01. The molecule has 1 aromatic carbocycles. The molecule has 0 aliphatic rings. The molecule has 0 saturated heterocycles. The minimum absolute atomic E-state index is 0.148. The molecule has 0 amide bonds. The van der Waals surface area contributed by atoms with E-state index < -0.39 is 11.4 Å². The third-order valence-electron chi connectivity index (χ3n) is 1.49. The summed E-state index contributed by atoms with van der Waals surface area (Å²) in [5, 5.41) is 0. The van der Waals surface area contributed by atoms with Crippen LogP contribution >= 0.6 is 0 Å². The number of halogens is 1. The van der Waals surface area contributed by atoms with Crippen LogP contribution in [0.4, 0.5) is 4.39 Å². The normalized spacial score (nSPS) is 12.8. The van der Waals surface area contributed by atoms with E-state index in [0.717, 1.165) is 5.56 Å². The number of benzene rings is 1. The molecule has 0 bridgehead atoms. The molecule has 0 aliphatic carbocycles. The van der Waals surface area contributed by atoms with Crippen molar-refractivity contribution in [1.29, 1.82) is 0 Å². The van der Waals surface area contributed by atoms with Crippen molar-refractivity contribution in [3.63, 3.8) is 0 Å². The van der Waals surface area contributed by atoms with Crippen molar-refractivity contribution < 1.29 is 17.3 Å². The van der Waals surface area contributed by atoms with Gasteiger partial charge < -0.3 is 0 Å². The standard InChI is InChI=1S/C8H9FO3S/c9-8-3-1-7(2-4-8)5-6-12-13(10)11/h1-4H,5-6H2,(H,10,11). The molecule has 1 rings (SSSR count). The number of hydrogen-bond acceptors (Lipinski definition) is 2. The summed E-state index contributed by atoms with van der Waals surface area (Å²) < 4.78 is 35.2. The summed E-state index contributed by atoms with van der Waals surface area (Å²) in [5.41, 5.74) is 0.867. The third-order valence-corrected chi connectivity index (χ3v) is 1.86. The Morgan fingerprint density at radius 1 is 1.38 bits per heavy atom. The predicted molar refractivity (Wildman–Crippen MR) is 46.8 cm³/mol. The molecule has 72 valence electrons. The first-order valence-electron chi connectivity index (χ1n) is 3.67. The van der Waals surface area contributed by atoms with Gasteiger partial charge in [-0.2, -0.15) is 4.21 Å². The van der Waals surface area contributed by atoms with Gasteiger partial charge in [0.2, 0.25) is 0 Å². The highest BCUT2D eigenvalue weighted by molar-refractivity contribution is 7.74. The second kappa shape index (κ2) is 5.06. The fourth-order valence-electron chi connectivity index (χ4n) is 0.882. The zero-order chi connectivity index (χ0) is 9.68. The minimum Gasteiger partial charge on any atom is -0.284 e. The third kappa shape index (κ3) is 4.12. The number of hydrogen-bond donors (Lipinski definition) is 1. The van der Waals surface area contributed by atoms with Crippen molar-refractivity contribution in [3.05, 3.63) is 35.6 Å². The lowest BCUT2D eigenvalue weighted by molar-refractivity contribution is 0.310. The summed E-state index contributed by atoms with van der Waals surface area (Å²) >= 11 is -2.22. The molecule has 1 atom stereocenters. The van der Waals surface area contributed by atoms with Crippen LogP contribution in [0.15, 0.2) is 24.3 Å². The Bertz CT molecular complexity index is 286. The van der Waals surface area contributed by atoms with Gasteiger partial charge in [0.15, 0.2) is 0 Å². The van der Waals surface area contributed by atoms with E-state index in [1.807, 2.05) is 0 Å². The molecule has 1 aromatic rings. The Hall–Kier alpha value is -0.780. The van der Waals surface area contributed by atoms with E-state index in [9.17, 15) is 8.60 Å². The van der Waals surface area contributed by atoms with E-state index in [1.54, 1.807) is 12.1 Å². The van der Waals surface area contributed by atoms with Gasteiger partial charge in [-0.1, -0.05) is 12.1 Å². The topological polar surface area (TPSA) is 46.5 Å². The van der Waals surface area contributed by atoms with E-state index in [1.165, 1.54) is 12.1 Å². The lowest BCUT2D eigenvalue weighted by Crippen LogP contribution is -2.00. The van der Waals surface area contributed by atoms with Gasteiger partial charge in [-0.15, -0.1) is 0 Å². The van der Waals surface area contributed by atoms with Gasteiger partial charge in [0, 0.05) is 0 Å². The van der Waals surface area contributed by atoms with Crippen molar-refractivity contribution in [3.8, 4) is 0 Å². The van der Waals surface area contributed by atoms with Gasteiger partial charge in [0.1, 0.15) is 5.82 Å². The van der Waals surface area contributed by atoms with Crippen LogP contribution in [0.3, 0.4) is 0 Å². The van der Waals surface area contributed by atoms with Gasteiger partial charge in [0.05, 0.1) is 6.61 Å². The molecule has 0 saturated carbocycles. The molecule has 0 fully saturated rings. The smallest absolute Gasteiger partial charge is 0.284 e. The Morgan fingerprint density at radius 2 is 2.00 bits per heavy atom. The lowest BCUT2D eigenvalue weighted by Gasteiger charge is -1.99. The van der Waals surface area contributed by atoms with Gasteiger partial charge >= 0.3 is 11.4 Å². The van der Waals surface area contributed by atoms with Crippen LogP contribution in [-0.4, -0.2) is 15.4 Å². The van der Waals surface area contributed by atoms with Crippen molar-refractivity contribution in [2.45, 2.75) is 6.42 Å². The maximum Gasteiger partial charge on any atom is 0.301 e. The molecular weight excluding hydrogens is 195 g/mol. The average Bonchev–Trinajstić information content (AvgIpc) is 2.08. The van der Waals surface area contributed by atoms with E-state index in [2.05, 4.69) is 4.18 Å². The van der Waals surface area contributed by atoms with E-state index >= 15 is 0 Å².